The predicted molar refractivity (Wildman–Crippen MR) is 118 cm³/mol. The number of hydrogen-bond donors (Lipinski definition) is 3. The van der Waals surface area contributed by atoms with Crippen molar-refractivity contribution in [3.8, 4) is 11.3 Å². The van der Waals surface area contributed by atoms with Crippen molar-refractivity contribution in [1.82, 2.24) is 40.1 Å². The van der Waals surface area contributed by atoms with Crippen LogP contribution < -0.4 is 0 Å². The van der Waals surface area contributed by atoms with Gasteiger partial charge < -0.3 is 4.98 Å². The van der Waals surface area contributed by atoms with Gasteiger partial charge in [0.1, 0.15) is 22.2 Å². The standard InChI is InChI=1S/C21H11FN8S/c22-17-16-12-8-25-18(17)9-3-10(5-23-4-9)26-15-2-1-14(31-15)11-6-24-7-13-19(11)28-21(27-13)20(16)30-29-12/h1-8,26,29-30H. The lowest BCUT2D eigenvalue weighted by molar-refractivity contribution is 0.641. The zero-order valence-corrected chi connectivity index (χ0v) is 16.5. The quantitative estimate of drug-likeness (QED) is 0.321. The van der Waals surface area contributed by atoms with Crippen LogP contribution in [0, 0.1) is 5.82 Å². The Hall–Kier alpha value is -4.18. The normalized spacial score (nSPS) is 12.0. The number of fused-ring (bicyclic) bond motifs is 9. The number of halogens is 1. The summed E-state index contributed by atoms with van der Waals surface area (Å²) >= 11 is 1.57. The SMILES string of the molecule is Fc1c2c3cnc1c1cncc(c1)[nH]c1ccc(s1)c1cncc4nc(nc41)c-2[nH][nH]3. The summed E-state index contributed by atoms with van der Waals surface area (Å²) in [6.45, 7) is 0. The van der Waals surface area contributed by atoms with Gasteiger partial charge in [0.15, 0.2) is 11.5 Å². The van der Waals surface area contributed by atoms with Gasteiger partial charge in [-0.1, -0.05) is 0 Å². The molecule has 148 valence electrons. The lowest BCUT2D eigenvalue weighted by atomic mass is 10.1. The van der Waals surface area contributed by atoms with Crippen molar-refractivity contribution in [1.29, 1.82) is 0 Å². The first kappa shape index (κ1) is 16.6. The fourth-order valence-corrected chi connectivity index (χ4v) is 4.83. The van der Waals surface area contributed by atoms with Crippen LogP contribution in [0.2, 0.25) is 0 Å². The van der Waals surface area contributed by atoms with Crippen LogP contribution in [0.4, 0.5) is 4.39 Å². The third-order valence-electron chi connectivity index (χ3n) is 5.31. The Morgan fingerprint density at radius 2 is 1.84 bits per heavy atom. The molecule has 0 saturated carbocycles. The van der Waals surface area contributed by atoms with Gasteiger partial charge in [0.05, 0.1) is 40.0 Å². The zero-order chi connectivity index (χ0) is 20.5. The van der Waals surface area contributed by atoms with Crippen LogP contribution in [0.3, 0.4) is 0 Å². The summed E-state index contributed by atoms with van der Waals surface area (Å²) in [5.74, 6) is -0.469. The molecule has 0 saturated heterocycles. The van der Waals surface area contributed by atoms with Gasteiger partial charge in [-0.05, 0) is 18.2 Å². The maximum atomic E-state index is 15.7. The third kappa shape index (κ3) is 2.36. The van der Waals surface area contributed by atoms with E-state index in [0.29, 0.717) is 38.8 Å². The van der Waals surface area contributed by atoms with Crippen LogP contribution in [0.5, 0.6) is 0 Å². The van der Waals surface area contributed by atoms with Crippen LogP contribution in [0.25, 0.3) is 64.8 Å². The largest absolute Gasteiger partial charge is 0.346 e. The molecule has 5 aromatic heterocycles. The van der Waals surface area contributed by atoms with E-state index in [4.69, 9.17) is 4.98 Å². The Morgan fingerprint density at radius 3 is 2.81 bits per heavy atom. The van der Waals surface area contributed by atoms with E-state index in [1.807, 2.05) is 18.2 Å². The predicted octanol–water partition coefficient (Wildman–Crippen LogP) is 4.84. The van der Waals surface area contributed by atoms with E-state index in [-0.39, 0.29) is 5.52 Å². The molecule has 0 aliphatic carbocycles. The molecule has 2 aliphatic heterocycles. The highest BCUT2D eigenvalue weighted by atomic mass is 32.1. The van der Waals surface area contributed by atoms with Crippen molar-refractivity contribution in [2.24, 2.45) is 0 Å². The molecule has 7 rings (SSSR count). The summed E-state index contributed by atoms with van der Waals surface area (Å²) in [6.07, 6.45) is 8.33. The van der Waals surface area contributed by atoms with Crippen LogP contribution in [0.15, 0.2) is 49.2 Å². The molecule has 0 spiro atoms. The Bertz CT molecular complexity index is 1820. The van der Waals surface area contributed by atoms with Gasteiger partial charge in [0.25, 0.3) is 0 Å². The number of pyridine rings is 3. The van der Waals surface area contributed by atoms with Crippen LogP contribution in [-0.4, -0.2) is 40.1 Å². The van der Waals surface area contributed by atoms with E-state index in [0.717, 1.165) is 20.4 Å². The molecule has 0 atom stereocenters. The van der Waals surface area contributed by atoms with E-state index in [1.165, 1.54) is 0 Å². The lowest BCUT2D eigenvalue weighted by Crippen LogP contribution is -1.90. The maximum absolute atomic E-state index is 15.7. The van der Waals surface area contributed by atoms with Crippen molar-refractivity contribution in [2.75, 3.05) is 0 Å². The zero-order valence-electron chi connectivity index (χ0n) is 15.6. The van der Waals surface area contributed by atoms with Gasteiger partial charge in [-0.15, -0.1) is 11.3 Å². The number of nitrogens with zero attached hydrogens (tertiary/aromatic N) is 5. The number of thiophene rings is 1. The first-order valence-corrected chi connectivity index (χ1v) is 10.3. The first-order chi connectivity index (χ1) is 15.2. The highest BCUT2D eigenvalue weighted by Crippen LogP contribution is 2.33. The molecule has 3 N–H and O–H groups in total. The highest BCUT2D eigenvalue weighted by Gasteiger charge is 2.20. The maximum Gasteiger partial charge on any atom is 0.179 e. The van der Waals surface area contributed by atoms with Gasteiger partial charge in [-0.25, -0.2) is 14.4 Å². The summed E-state index contributed by atoms with van der Waals surface area (Å²) in [7, 11) is 0. The van der Waals surface area contributed by atoms with Crippen LogP contribution in [0.1, 0.15) is 0 Å². The molecule has 5 aromatic rings. The second-order valence-electron chi connectivity index (χ2n) is 7.19. The minimum Gasteiger partial charge on any atom is -0.346 e. The molecule has 8 nitrogen and oxygen atoms in total. The molecule has 0 amide bonds. The second kappa shape index (κ2) is 5.92. The van der Waals surface area contributed by atoms with Gasteiger partial charge in [0, 0.05) is 27.9 Å². The first-order valence-electron chi connectivity index (χ1n) is 9.44. The van der Waals surface area contributed by atoms with E-state index in [9.17, 15) is 0 Å². The summed E-state index contributed by atoms with van der Waals surface area (Å²) in [4.78, 5) is 26.6. The number of imidazole rings is 1. The summed E-state index contributed by atoms with van der Waals surface area (Å²) < 4.78 is 16.7. The molecule has 0 unspecified atom stereocenters. The van der Waals surface area contributed by atoms with Crippen molar-refractivity contribution in [2.45, 2.75) is 0 Å². The number of H-pyrrole nitrogens is 3. The number of hydrogen-bond acceptors (Lipinski definition) is 6. The van der Waals surface area contributed by atoms with Crippen molar-refractivity contribution < 1.29 is 4.39 Å². The molecular formula is C21H11FN8S. The van der Waals surface area contributed by atoms with Gasteiger partial charge in [-0.3, -0.25) is 25.1 Å². The van der Waals surface area contributed by atoms with Crippen molar-refractivity contribution in [3.05, 3.63) is 55.0 Å². The van der Waals surface area contributed by atoms with Crippen molar-refractivity contribution in [3.63, 3.8) is 0 Å². The van der Waals surface area contributed by atoms with E-state index in [1.54, 1.807) is 42.3 Å². The van der Waals surface area contributed by atoms with Crippen LogP contribution >= 0.6 is 11.3 Å². The molecule has 0 fully saturated rings. The fourth-order valence-electron chi connectivity index (χ4n) is 3.90. The summed E-state index contributed by atoms with van der Waals surface area (Å²) in [6, 6.07) is 5.83. The fraction of sp³-hybridized carbons (Fsp3) is 0. The molecular weight excluding hydrogens is 415 g/mol. The van der Waals surface area contributed by atoms with Crippen molar-refractivity contribution >= 4 is 64.9 Å². The molecule has 8 bridgehead atoms. The highest BCUT2D eigenvalue weighted by molar-refractivity contribution is 7.23. The van der Waals surface area contributed by atoms with Gasteiger partial charge >= 0.3 is 0 Å². The minimum atomic E-state index is -0.469. The molecule has 7 heterocycles. The summed E-state index contributed by atoms with van der Waals surface area (Å²) in [5, 5.41) is 7.42. The smallest absolute Gasteiger partial charge is 0.179 e. The Labute approximate surface area is 175 Å². The molecule has 0 aromatic carbocycles. The van der Waals surface area contributed by atoms with E-state index < -0.39 is 5.82 Å². The van der Waals surface area contributed by atoms with E-state index in [2.05, 4.69) is 35.1 Å². The van der Waals surface area contributed by atoms with Crippen LogP contribution in [-0.2, 0) is 0 Å². The Morgan fingerprint density at radius 1 is 0.903 bits per heavy atom. The Kier molecular flexibility index (Phi) is 3.17. The minimum absolute atomic E-state index is 0.207. The number of rotatable bonds is 0. The molecule has 31 heavy (non-hydrogen) atoms. The van der Waals surface area contributed by atoms with E-state index >= 15 is 4.39 Å². The van der Waals surface area contributed by atoms with Gasteiger partial charge in [0.2, 0.25) is 0 Å². The molecule has 2 aliphatic rings. The van der Waals surface area contributed by atoms with Gasteiger partial charge in [-0.2, -0.15) is 0 Å². The summed E-state index contributed by atoms with van der Waals surface area (Å²) in [5.41, 5.74) is 4.04. The Balaban J connectivity index is 1.77. The number of aromatic nitrogens is 8. The second-order valence-corrected chi connectivity index (χ2v) is 8.27. The number of aromatic amines is 3. The topological polar surface area (TPSA) is 112 Å². The monoisotopic (exact) mass is 426 g/mol. The number of nitrogens with one attached hydrogen (secondary N) is 3. The average Bonchev–Trinajstić information content (AvgIpc) is 3.51. The third-order valence-corrected chi connectivity index (χ3v) is 6.34. The average molecular weight is 426 g/mol. The molecule has 0 radical (unpaired) electrons. The lowest BCUT2D eigenvalue weighted by Gasteiger charge is -2.01. The molecule has 10 heteroatoms.